The van der Waals surface area contributed by atoms with E-state index in [1.54, 1.807) is 19.3 Å². The highest BCUT2D eigenvalue weighted by Gasteiger charge is 2.62. The fraction of sp³-hybridized carbons (Fsp3) is 0.650. The van der Waals surface area contributed by atoms with Crippen LogP contribution in [0.5, 0.6) is 0 Å². The molecule has 2 aliphatic rings. The topological polar surface area (TPSA) is 59.7 Å². The standard InChI is InChI=1S/C20H28O4/c1-6-12(2)18(21)24-17-16-13(3)11-23-15(16)10-20(22)9-7-8-14(4)19(17,20)5/h6,11,14,17,22H,7-10H2,1-5H3/b12-6-/t14-,17+,19-,20-/m0/s1. The van der Waals surface area contributed by atoms with Gasteiger partial charge in [0.1, 0.15) is 11.9 Å². The van der Waals surface area contributed by atoms with Crippen molar-refractivity contribution in [3.63, 3.8) is 0 Å². The number of ether oxygens (including phenoxy) is 1. The van der Waals surface area contributed by atoms with Crippen LogP contribution in [0.25, 0.3) is 0 Å². The number of allylic oxidation sites excluding steroid dienone is 1. The lowest BCUT2D eigenvalue weighted by atomic mass is 9.51. The molecule has 1 aromatic rings. The smallest absolute Gasteiger partial charge is 0.334 e. The largest absolute Gasteiger partial charge is 0.469 e. The summed E-state index contributed by atoms with van der Waals surface area (Å²) in [5, 5.41) is 11.5. The summed E-state index contributed by atoms with van der Waals surface area (Å²) in [5.74, 6) is 0.692. The van der Waals surface area contributed by atoms with Crippen LogP contribution in [0, 0.1) is 18.3 Å². The Kier molecular flexibility index (Phi) is 4.15. The second-order valence-corrected chi connectivity index (χ2v) is 7.80. The molecule has 4 heteroatoms. The number of carbonyl (C=O) groups is 1. The van der Waals surface area contributed by atoms with Gasteiger partial charge in [0.2, 0.25) is 0 Å². The summed E-state index contributed by atoms with van der Waals surface area (Å²) in [6.45, 7) is 9.80. The van der Waals surface area contributed by atoms with Crippen LogP contribution in [0.3, 0.4) is 0 Å². The van der Waals surface area contributed by atoms with Crippen molar-refractivity contribution in [3.05, 3.63) is 34.8 Å². The second-order valence-electron chi connectivity index (χ2n) is 7.80. The Morgan fingerprint density at radius 3 is 2.88 bits per heavy atom. The van der Waals surface area contributed by atoms with Gasteiger partial charge < -0.3 is 14.3 Å². The minimum absolute atomic E-state index is 0.252. The summed E-state index contributed by atoms with van der Waals surface area (Å²) in [6, 6.07) is 0. The summed E-state index contributed by atoms with van der Waals surface area (Å²) in [5.41, 5.74) is 1.10. The maximum atomic E-state index is 12.5. The maximum absolute atomic E-state index is 12.5. The number of hydrogen-bond acceptors (Lipinski definition) is 4. The molecular formula is C20H28O4. The number of aryl methyl sites for hydroxylation is 1. The molecule has 1 heterocycles. The number of aliphatic hydroxyl groups is 1. The molecule has 0 aliphatic heterocycles. The van der Waals surface area contributed by atoms with Crippen molar-refractivity contribution >= 4 is 5.97 Å². The molecule has 4 nitrogen and oxygen atoms in total. The van der Waals surface area contributed by atoms with Gasteiger partial charge in [0.25, 0.3) is 0 Å². The summed E-state index contributed by atoms with van der Waals surface area (Å²) < 4.78 is 11.7. The van der Waals surface area contributed by atoms with Gasteiger partial charge in [-0.3, -0.25) is 0 Å². The van der Waals surface area contributed by atoms with E-state index in [1.165, 1.54) is 0 Å². The van der Waals surface area contributed by atoms with Gasteiger partial charge in [0, 0.05) is 23.0 Å². The average Bonchev–Trinajstić information content (AvgIpc) is 2.89. The highest BCUT2D eigenvalue weighted by Crippen LogP contribution is 2.61. The quantitative estimate of drug-likeness (QED) is 0.649. The number of rotatable bonds is 2. The van der Waals surface area contributed by atoms with E-state index in [4.69, 9.17) is 9.15 Å². The molecule has 1 aromatic heterocycles. The van der Waals surface area contributed by atoms with Crippen LogP contribution in [-0.4, -0.2) is 16.7 Å². The van der Waals surface area contributed by atoms with Crippen LogP contribution in [0.2, 0.25) is 0 Å². The summed E-state index contributed by atoms with van der Waals surface area (Å²) in [4.78, 5) is 12.5. The highest BCUT2D eigenvalue weighted by atomic mass is 16.5. The number of furan rings is 1. The first-order valence-corrected chi connectivity index (χ1v) is 8.87. The average molecular weight is 332 g/mol. The van der Waals surface area contributed by atoms with Crippen LogP contribution in [0.1, 0.15) is 69.9 Å². The first kappa shape index (κ1) is 17.3. The van der Waals surface area contributed by atoms with Crippen molar-refractivity contribution in [2.24, 2.45) is 11.3 Å². The van der Waals surface area contributed by atoms with E-state index in [0.717, 1.165) is 29.7 Å². The lowest BCUT2D eigenvalue weighted by Crippen LogP contribution is -2.60. The van der Waals surface area contributed by atoms with Crippen molar-refractivity contribution in [1.82, 2.24) is 0 Å². The minimum atomic E-state index is -0.906. The molecule has 24 heavy (non-hydrogen) atoms. The molecule has 2 aliphatic carbocycles. The fourth-order valence-corrected chi connectivity index (χ4v) is 4.57. The lowest BCUT2D eigenvalue weighted by Gasteiger charge is -2.57. The molecule has 0 saturated heterocycles. The van der Waals surface area contributed by atoms with Crippen molar-refractivity contribution in [2.75, 3.05) is 0 Å². The third-order valence-corrected chi connectivity index (χ3v) is 6.60. The van der Waals surface area contributed by atoms with Gasteiger partial charge in [-0.25, -0.2) is 4.79 Å². The zero-order valence-electron chi connectivity index (χ0n) is 15.3. The van der Waals surface area contributed by atoms with Crippen molar-refractivity contribution < 1.29 is 19.1 Å². The van der Waals surface area contributed by atoms with E-state index in [-0.39, 0.29) is 11.9 Å². The van der Waals surface area contributed by atoms with Gasteiger partial charge in [-0.15, -0.1) is 0 Å². The molecular weight excluding hydrogens is 304 g/mol. The minimum Gasteiger partial charge on any atom is -0.469 e. The molecule has 0 amide bonds. The summed E-state index contributed by atoms with van der Waals surface area (Å²) >= 11 is 0. The van der Waals surface area contributed by atoms with Crippen LogP contribution in [0.4, 0.5) is 0 Å². The van der Waals surface area contributed by atoms with E-state index in [0.29, 0.717) is 18.4 Å². The maximum Gasteiger partial charge on any atom is 0.334 e. The van der Waals surface area contributed by atoms with E-state index in [9.17, 15) is 9.90 Å². The Labute approximate surface area is 143 Å². The van der Waals surface area contributed by atoms with E-state index < -0.39 is 17.1 Å². The predicted molar refractivity (Wildman–Crippen MR) is 91.5 cm³/mol. The molecule has 1 fully saturated rings. The molecule has 0 radical (unpaired) electrons. The van der Waals surface area contributed by atoms with Gasteiger partial charge in [-0.1, -0.05) is 26.3 Å². The second kappa shape index (κ2) is 5.76. The Balaban J connectivity index is 2.13. The van der Waals surface area contributed by atoms with Crippen LogP contribution >= 0.6 is 0 Å². The molecule has 0 bridgehead atoms. The first-order valence-electron chi connectivity index (χ1n) is 8.87. The Morgan fingerprint density at radius 1 is 1.50 bits per heavy atom. The van der Waals surface area contributed by atoms with Crippen molar-refractivity contribution in [2.45, 2.75) is 72.0 Å². The van der Waals surface area contributed by atoms with Crippen LogP contribution < -0.4 is 0 Å². The normalized spacial score (nSPS) is 36.0. The third kappa shape index (κ3) is 2.26. The molecule has 0 unspecified atom stereocenters. The Bertz CT molecular complexity index is 686. The first-order chi connectivity index (χ1) is 11.2. The van der Waals surface area contributed by atoms with Crippen LogP contribution in [-0.2, 0) is 16.0 Å². The SMILES string of the molecule is C/C=C(/C)C(=O)O[C@@H]1c2c(C)coc2C[C@@]2(O)CCC[C@H](C)[C@@]12C. The highest BCUT2D eigenvalue weighted by molar-refractivity contribution is 5.87. The monoisotopic (exact) mass is 332 g/mol. The zero-order valence-corrected chi connectivity index (χ0v) is 15.3. The number of fused-ring (bicyclic) bond motifs is 2. The number of esters is 1. The third-order valence-electron chi connectivity index (χ3n) is 6.60. The molecule has 1 N–H and O–H groups in total. The van der Waals surface area contributed by atoms with Gasteiger partial charge in [0.15, 0.2) is 0 Å². The molecule has 3 rings (SSSR count). The van der Waals surface area contributed by atoms with E-state index in [2.05, 4.69) is 13.8 Å². The van der Waals surface area contributed by atoms with Gasteiger partial charge in [-0.2, -0.15) is 0 Å². The molecule has 4 atom stereocenters. The number of carbonyl (C=O) groups excluding carboxylic acids is 1. The Hall–Kier alpha value is -1.55. The predicted octanol–water partition coefficient (Wildman–Crippen LogP) is 4.25. The zero-order chi connectivity index (χ0) is 17.7. The fourth-order valence-electron chi connectivity index (χ4n) is 4.57. The van der Waals surface area contributed by atoms with E-state index >= 15 is 0 Å². The van der Waals surface area contributed by atoms with Gasteiger partial charge in [-0.05, 0) is 45.1 Å². The van der Waals surface area contributed by atoms with Crippen LogP contribution in [0.15, 0.2) is 22.3 Å². The molecule has 1 saturated carbocycles. The Morgan fingerprint density at radius 2 is 2.21 bits per heavy atom. The number of hydrogen-bond donors (Lipinski definition) is 1. The van der Waals surface area contributed by atoms with Gasteiger partial charge in [0.05, 0.1) is 11.9 Å². The van der Waals surface area contributed by atoms with E-state index in [1.807, 2.05) is 13.8 Å². The van der Waals surface area contributed by atoms with Gasteiger partial charge >= 0.3 is 5.97 Å². The molecule has 0 spiro atoms. The summed E-state index contributed by atoms with van der Waals surface area (Å²) in [6.07, 6.45) is 6.20. The van der Waals surface area contributed by atoms with Crippen molar-refractivity contribution in [3.8, 4) is 0 Å². The molecule has 0 aromatic carbocycles. The lowest BCUT2D eigenvalue weighted by molar-refractivity contribution is -0.210. The molecule has 132 valence electrons. The van der Waals surface area contributed by atoms with Crippen molar-refractivity contribution in [1.29, 1.82) is 0 Å². The summed E-state index contributed by atoms with van der Waals surface area (Å²) in [7, 11) is 0.